The van der Waals surface area contributed by atoms with Gasteiger partial charge < -0.3 is 19.4 Å². The van der Waals surface area contributed by atoms with Crippen LogP contribution in [0.2, 0.25) is 0 Å². The number of amidine groups is 1. The number of ether oxygens (including phenoxy) is 1. The van der Waals surface area contributed by atoms with E-state index in [1.165, 1.54) is 29.2 Å². The maximum atomic E-state index is 13.6. The number of amides is 2. The SMILES string of the molecule is CN(C(=O)Oc1ccc(F)cc1)[C@@H]1CN(C(=O)C2CCN(C(=N)C3(C)CC3)CC2)C/C1=C1/C=CC(Cl)=CC1. The first-order valence-corrected chi connectivity index (χ1v) is 13.6. The number of piperidine rings is 1. The summed E-state index contributed by atoms with van der Waals surface area (Å²) in [4.78, 5) is 32.2. The molecule has 1 aromatic rings. The number of nitrogens with zero attached hydrogens (tertiary/aromatic N) is 3. The summed E-state index contributed by atoms with van der Waals surface area (Å²) >= 11 is 6.14. The molecule has 5 rings (SSSR count). The van der Waals surface area contributed by atoms with Gasteiger partial charge in [0.25, 0.3) is 0 Å². The molecule has 0 spiro atoms. The van der Waals surface area contributed by atoms with Crippen LogP contribution < -0.4 is 4.74 Å². The van der Waals surface area contributed by atoms with Gasteiger partial charge in [0.05, 0.1) is 6.04 Å². The maximum Gasteiger partial charge on any atom is 0.415 e. The summed E-state index contributed by atoms with van der Waals surface area (Å²) in [7, 11) is 1.67. The van der Waals surface area contributed by atoms with Gasteiger partial charge in [0.2, 0.25) is 5.91 Å². The van der Waals surface area contributed by atoms with Gasteiger partial charge in [-0.2, -0.15) is 0 Å². The van der Waals surface area contributed by atoms with E-state index in [2.05, 4.69) is 11.8 Å². The zero-order valence-corrected chi connectivity index (χ0v) is 22.6. The van der Waals surface area contributed by atoms with Crippen LogP contribution in [0.1, 0.15) is 39.0 Å². The van der Waals surface area contributed by atoms with Gasteiger partial charge in [-0.15, -0.1) is 0 Å². The lowest BCUT2D eigenvalue weighted by Crippen LogP contribution is -2.46. The second-order valence-electron chi connectivity index (χ2n) is 11.0. The molecule has 4 aliphatic rings. The highest BCUT2D eigenvalue weighted by atomic mass is 35.5. The Morgan fingerprint density at radius 1 is 1.13 bits per heavy atom. The second kappa shape index (κ2) is 10.6. The third kappa shape index (κ3) is 5.51. The van der Waals surface area contributed by atoms with E-state index >= 15 is 0 Å². The minimum atomic E-state index is -0.567. The number of allylic oxidation sites excluding steroid dienone is 5. The average molecular weight is 541 g/mol. The number of hydrogen-bond donors (Lipinski definition) is 1. The monoisotopic (exact) mass is 540 g/mol. The molecule has 2 heterocycles. The number of likely N-dealkylation sites (tertiary alicyclic amines) is 2. The maximum absolute atomic E-state index is 13.6. The van der Waals surface area contributed by atoms with Crippen LogP contribution in [0.4, 0.5) is 9.18 Å². The number of rotatable bonds is 4. The number of carbonyl (C=O) groups excluding carboxylic acids is 2. The van der Waals surface area contributed by atoms with Crippen LogP contribution >= 0.6 is 11.6 Å². The fraction of sp³-hybridized carbons (Fsp3) is 0.483. The molecule has 7 nitrogen and oxygen atoms in total. The summed E-state index contributed by atoms with van der Waals surface area (Å²) in [5.74, 6) is 0.573. The molecule has 3 fully saturated rings. The first-order chi connectivity index (χ1) is 18.1. The lowest BCUT2D eigenvalue weighted by Gasteiger charge is -2.36. The quantitative estimate of drug-likeness (QED) is 0.413. The standard InChI is InChI=1S/C29H34ClFN4O3/c1-29(13-14-29)27(32)34-15-11-20(12-16-34)26(36)35-17-24(19-3-5-21(30)6-4-19)25(18-35)33(2)28(37)38-23-9-7-22(31)8-10-23/h3,5-10,20,25,32H,4,11-18H2,1-2H3/b24-19+,32-27?/t25-/m1/s1. The molecular weight excluding hydrogens is 507 g/mol. The summed E-state index contributed by atoms with van der Waals surface area (Å²) in [6, 6.07) is 4.97. The van der Waals surface area contributed by atoms with E-state index < -0.39 is 11.9 Å². The van der Waals surface area contributed by atoms with Crippen LogP contribution in [-0.4, -0.2) is 71.8 Å². The predicted molar refractivity (Wildman–Crippen MR) is 145 cm³/mol. The van der Waals surface area contributed by atoms with Crippen molar-refractivity contribution >= 4 is 29.4 Å². The van der Waals surface area contributed by atoms with Crippen molar-refractivity contribution in [3.8, 4) is 5.75 Å². The Balaban J connectivity index is 1.28. The molecule has 1 aromatic carbocycles. The van der Waals surface area contributed by atoms with Crippen LogP contribution in [0, 0.1) is 22.6 Å². The zero-order chi connectivity index (χ0) is 27.0. The van der Waals surface area contributed by atoms with Crippen molar-refractivity contribution in [1.29, 1.82) is 5.41 Å². The Kier molecular flexibility index (Phi) is 7.36. The Bertz CT molecular complexity index is 1210. The molecule has 1 atom stereocenters. The van der Waals surface area contributed by atoms with Crippen LogP contribution in [-0.2, 0) is 4.79 Å². The summed E-state index contributed by atoms with van der Waals surface area (Å²) in [5, 5.41) is 9.20. The molecule has 1 N–H and O–H groups in total. The van der Waals surface area contributed by atoms with E-state index in [0.717, 1.165) is 49.9 Å². The Morgan fingerprint density at radius 2 is 1.82 bits per heavy atom. The minimum absolute atomic E-state index is 0.0259. The van der Waals surface area contributed by atoms with Gasteiger partial charge in [-0.25, -0.2) is 9.18 Å². The van der Waals surface area contributed by atoms with Gasteiger partial charge in [-0.3, -0.25) is 10.2 Å². The van der Waals surface area contributed by atoms with Gasteiger partial charge in [0.1, 0.15) is 17.4 Å². The van der Waals surface area contributed by atoms with Crippen molar-refractivity contribution in [2.24, 2.45) is 11.3 Å². The normalized spacial score (nSPS) is 24.7. The Morgan fingerprint density at radius 3 is 2.42 bits per heavy atom. The molecule has 2 aliphatic heterocycles. The number of benzene rings is 1. The topological polar surface area (TPSA) is 76.9 Å². The number of halogens is 2. The van der Waals surface area contributed by atoms with Gasteiger partial charge in [0.15, 0.2) is 0 Å². The molecule has 38 heavy (non-hydrogen) atoms. The number of likely N-dealkylation sites (N-methyl/N-ethyl adjacent to an activating group) is 1. The first kappa shape index (κ1) is 26.5. The molecule has 202 valence electrons. The minimum Gasteiger partial charge on any atom is -0.410 e. The Hall–Kier alpha value is -3.13. The van der Waals surface area contributed by atoms with Gasteiger partial charge in [-0.1, -0.05) is 30.7 Å². The predicted octanol–water partition coefficient (Wildman–Crippen LogP) is 5.34. The van der Waals surface area contributed by atoms with Crippen molar-refractivity contribution < 1.29 is 18.7 Å². The summed E-state index contributed by atoms with van der Waals surface area (Å²) in [6.07, 6.45) is 9.37. The van der Waals surface area contributed by atoms with Gasteiger partial charge in [0, 0.05) is 49.6 Å². The number of nitrogens with one attached hydrogen (secondary N) is 1. The molecule has 9 heteroatoms. The van der Waals surface area contributed by atoms with Crippen LogP contribution in [0.15, 0.2) is 58.7 Å². The fourth-order valence-electron chi connectivity index (χ4n) is 5.51. The molecule has 2 aliphatic carbocycles. The lowest BCUT2D eigenvalue weighted by atomic mass is 9.94. The van der Waals surface area contributed by atoms with Crippen molar-refractivity contribution in [3.05, 3.63) is 64.5 Å². The highest BCUT2D eigenvalue weighted by Crippen LogP contribution is 2.47. The Labute approximate surface area is 228 Å². The molecule has 0 aromatic heterocycles. The van der Waals surface area contributed by atoms with Crippen LogP contribution in [0.5, 0.6) is 5.75 Å². The average Bonchev–Trinajstić information content (AvgIpc) is 3.52. The molecule has 0 radical (unpaired) electrons. The highest BCUT2D eigenvalue weighted by Gasteiger charge is 2.45. The summed E-state index contributed by atoms with van der Waals surface area (Å²) in [6.45, 7) is 4.42. The highest BCUT2D eigenvalue weighted by molar-refractivity contribution is 6.31. The molecular formula is C29H34ClFN4O3. The van der Waals surface area contributed by atoms with Gasteiger partial charge >= 0.3 is 6.09 Å². The smallest absolute Gasteiger partial charge is 0.410 e. The van der Waals surface area contributed by atoms with Crippen molar-refractivity contribution in [1.82, 2.24) is 14.7 Å². The third-order valence-corrected chi connectivity index (χ3v) is 8.63. The van der Waals surface area contributed by atoms with E-state index in [-0.39, 0.29) is 29.0 Å². The lowest BCUT2D eigenvalue weighted by molar-refractivity contribution is -0.135. The third-order valence-electron chi connectivity index (χ3n) is 8.35. The number of carbonyl (C=O) groups is 2. The van der Waals surface area contributed by atoms with E-state index in [0.29, 0.717) is 30.4 Å². The largest absolute Gasteiger partial charge is 0.415 e. The van der Waals surface area contributed by atoms with Crippen molar-refractivity contribution in [2.45, 2.75) is 45.1 Å². The van der Waals surface area contributed by atoms with Gasteiger partial charge in [-0.05, 0) is 73.6 Å². The van der Waals surface area contributed by atoms with Crippen molar-refractivity contribution in [3.63, 3.8) is 0 Å². The van der Waals surface area contributed by atoms with E-state index in [4.69, 9.17) is 21.7 Å². The first-order valence-electron chi connectivity index (χ1n) is 13.2. The van der Waals surface area contributed by atoms with Crippen LogP contribution in [0.25, 0.3) is 0 Å². The van der Waals surface area contributed by atoms with E-state index in [9.17, 15) is 14.0 Å². The zero-order valence-electron chi connectivity index (χ0n) is 21.9. The molecule has 0 unspecified atom stereocenters. The molecule has 2 saturated heterocycles. The van der Waals surface area contributed by atoms with E-state index in [1.807, 2.05) is 23.1 Å². The summed E-state index contributed by atoms with van der Waals surface area (Å²) < 4.78 is 18.8. The second-order valence-corrected chi connectivity index (χ2v) is 11.5. The van der Waals surface area contributed by atoms with E-state index in [1.54, 1.807) is 7.05 Å². The van der Waals surface area contributed by atoms with Crippen molar-refractivity contribution in [2.75, 3.05) is 33.2 Å². The molecule has 2 amide bonds. The number of hydrogen-bond acceptors (Lipinski definition) is 4. The molecule has 0 bridgehead atoms. The summed E-state index contributed by atoms with van der Waals surface area (Å²) in [5.41, 5.74) is 2.06. The molecule has 1 saturated carbocycles. The fourth-order valence-corrected chi connectivity index (χ4v) is 5.65. The van der Waals surface area contributed by atoms with Crippen LogP contribution in [0.3, 0.4) is 0 Å².